The molecule has 0 bridgehead atoms. The Bertz CT molecular complexity index is 713. The first kappa shape index (κ1) is 16.1. The van der Waals surface area contributed by atoms with Crippen molar-refractivity contribution >= 4 is 17.2 Å². The Morgan fingerprint density at radius 1 is 1.43 bits per heavy atom. The van der Waals surface area contributed by atoms with Crippen LogP contribution in [0.15, 0.2) is 29.6 Å². The van der Waals surface area contributed by atoms with Crippen molar-refractivity contribution in [3.63, 3.8) is 0 Å². The molecule has 0 spiro atoms. The molecule has 5 heteroatoms. The third-order valence-corrected chi connectivity index (χ3v) is 5.47. The smallest absolute Gasteiger partial charge is 0.234 e. The molecule has 1 atom stereocenters. The summed E-state index contributed by atoms with van der Waals surface area (Å²) in [5.41, 5.74) is 2.75. The highest BCUT2D eigenvalue weighted by atomic mass is 32.1. The molecule has 1 aliphatic heterocycles. The van der Waals surface area contributed by atoms with Gasteiger partial charge in [0.2, 0.25) is 5.91 Å². The number of halogens is 1. The topological polar surface area (TPSA) is 32.3 Å². The first-order chi connectivity index (χ1) is 11.0. The SMILES string of the molecule is Cc1ccc(CNC(=O)CN2CCc3sccc3C2C)cc1F. The van der Waals surface area contributed by atoms with Crippen LogP contribution in [0, 0.1) is 12.7 Å². The van der Waals surface area contributed by atoms with Crippen molar-refractivity contribution in [2.24, 2.45) is 0 Å². The Morgan fingerprint density at radius 2 is 2.26 bits per heavy atom. The van der Waals surface area contributed by atoms with Crippen LogP contribution >= 0.6 is 11.3 Å². The average Bonchev–Trinajstić information content (AvgIpc) is 3.01. The molecule has 3 nitrogen and oxygen atoms in total. The number of thiophene rings is 1. The van der Waals surface area contributed by atoms with Crippen LogP contribution < -0.4 is 5.32 Å². The summed E-state index contributed by atoms with van der Waals surface area (Å²) in [6.07, 6.45) is 1.01. The van der Waals surface area contributed by atoms with Gasteiger partial charge in [-0.2, -0.15) is 0 Å². The normalized spacial score (nSPS) is 17.8. The van der Waals surface area contributed by atoms with E-state index >= 15 is 0 Å². The number of amides is 1. The van der Waals surface area contributed by atoms with Gasteiger partial charge in [0.1, 0.15) is 5.82 Å². The van der Waals surface area contributed by atoms with Gasteiger partial charge in [-0.3, -0.25) is 9.69 Å². The van der Waals surface area contributed by atoms with Crippen LogP contribution in [0.5, 0.6) is 0 Å². The molecular formula is C18H21FN2OS. The number of rotatable bonds is 4. The minimum absolute atomic E-state index is 0.0171. The molecule has 1 amide bonds. The fourth-order valence-corrected chi connectivity index (χ4v) is 3.93. The van der Waals surface area contributed by atoms with Gasteiger partial charge in [0.05, 0.1) is 6.54 Å². The largest absolute Gasteiger partial charge is 0.351 e. The second-order valence-electron chi connectivity index (χ2n) is 6.06. The molecule has 0 radical (unpaired) electrons. The first-order valence-corrected chi connectivity index (χ1v) is 8.74. The van der Waals surface area contributed by atoms with Crippen molar-refractivity contribution in [1.29, 1.82) is 0 Å². The van der Waals surface area contributed by atoms with Gasteiger partial charge in [0.25, 0.3) is 0 Å². The number of nitrogens with one attached hydrogen (secondary N) is 1. The number of carbonyl (C=O) groups is 1. The molecule has 0 aliphatic carbocycles. The minimum Gasteiger partial charge on any atom is -0.351 e. The maximum atomic E-state index is 13.5. The molecular weight excluding hydrogens is 311 g/mol. The maximum Gasteiger partial charge on any atom is 0.234 e. The molecule has 2 heterocycles. The Kier molecular flexibility index (Phi) is 4.78. The van der Waals surface area contributed by atoms with E-state index in [1.54, 1.807) is 24.3 Å². The van der Waals surface area contributed by atoms with Crippen molar-refractivity contribution < 1.29 is 9.18 Å². The highest BCUT2D eigenvalue weighted by Crippen LogP contribution is 2.32. The molecule has 2 aromatic rings. The number of carbonyl (C=O) groups excluding carboxylic acids is 1. The van der Waals surface area contributed by atoms with Gasteiger partial charge < -0.3 is 5.32 Å². The van der Waals surface area contributed by atoms with Crippen LogP contribution in [-0.4, -0.2) is 23.9 Å². The molecule has 1 N–H and O–H groups in total. The third kappa shape index (κ3) is 3.62. The van der Waals surface area contributed by atoms with Crippen molar-refractivity contribution in [2.45, 2.75) is 32.9 Å². The van der Waals surface area contributed by atoms with Gasteiger partial charge in [0, 0.05) is 24.0 Å². The van der Waals surface area contributed by atoms with E-state index in [1.165, 1.54) is 16.5 Å². The van der Waals surface area contributed by atoms with Gasteiger partial charge >= 0.3 is 0 Å². The molecule has 23 heavy (non-hydrogen) atoms. The molecule has 0 fully saturated rings. The summed E-state index contributed by atoms with van der Waals surface area (Å²) in [5, 5.41) is 5.01. The van der Waals surface area contributed by atoms with E-state index < -0.39 is 0 Å². The van der Waals surface area contributed by atoms with Crippen molar-refractivity contribution in [3.8, 4) is 0 Å². The molecule has 1 aromatic heterocycles. The zero-order valence-corrected chi connectivity index (χ0v) is 14.3. The number of nitrogens with zero attached hydrogens (tertiary/aromatic N) is 1. The summed E-state index contributed by atoms with van der Waals surface area (Å²) >= 11 is 1.80. The minimum atomic E-state index is -0.230. The second kappa shape index (κ2) is 6.81. The van der Waals surface area contributed by atoms with Gasteiger partial charge in [-0.25, -0.2) is 4.39 Å². The summed E-state index contributed by atoms with van der Waals surface area (Å²) in [6, 6.07) is 7.50. The van der Waals surface area contributed by atoms with Crippen LogP contribution in [0.3, 0.4) is 0 Å². The fraction of sp³-hybridized carbons (Fsp3) is 0.389. The lowest BCUT2D eigenvalue weighted by Gasteiger charge is -2.32. The standard InChI is InChI=1S/C18H21FN2OS/c1-12-3-4-14(9-16(12)19)10-20-18(22)11-21-7-5-17-15(13(21)2)6-8-23-17/h3-4,6,8-9,13H,5,7,10-11H2,1-2H3,(H,20,22). The van der Waals surface area contributed by atoms with E-state index in [9.17, 15) is 9.18 Å². The summed E-state index contributed by atoms with van der Waals surface area (Å²) in [6.45, 7) is 5.52. The van der Waals surface area contributed by atoms with E-state index in [1.807, 2.05) is 6.07 Å². The Labute approximate surface area is 140 Å². The summed E-state index contributed by atoms with van der Waals surface area (Å²) in [7, 11) is 0. The summed E-state index contributed by atoms with van der Waals surface area (Å²) in [5.74, 6) is -0.247. The monoisotopic (exact) mass is 332 g/mol. The Balaban J connectivity index is 1.54. The molecule has 1 aromatic carbocycles. The number of hydrogen-bond donors (Lipinski definition) is 1. The predicted octanol–water partition coefficient (Wildman–Crippen LogP) is 3.43. The number of aryl methyl sites for hydroxylation is 1. The van der Waals surface area contributed by atoms with E-state index in [4.69, 9.17) is 0 Å². The van der Waals surface area contributed by atoms with E-state index in [2.05, 4.69) is 28.6 Å². The predicted molar refractivity (Wildman–Crippen MR) is 91.0 cm³/mol. The van der Waals surface area contributed by atoms with E-state index in [0.29, 0.717) is 18.7 Å². The summed E-state index contributed by atoms with van der Waals surface area (Å²) in [4.78, 5) is 15.8. The third-order valence-electron chi connectivity index (χ3n) is 4.48. The highest BCUT2D eigenvalue weighted by Gasteiger charge is 2.25. The molecule has 3 rings (SSSR count). The lowest BCUT2D eigenvalue weighted by molar-refractivity contribution is -0.123. The van der Waals surface area contributed by atoms with Crippen LogP contribution in [0.25, 0.3) is 0 Å². The molecule has 1 unspecified atom stereocenters. The highest BCUT2D eigenvalue weighted by molar-refractivity contribution is 7.10. The van der Waals surface area contributed by atoms with Gasteiger partial charge in [-0.05, 0) is 54.5 Å². The Hall–Kier alpha value is -1.72. The molecule has 0 saturated heterocycles. The van der Waals surface area contributed by atoms with E-state index in [-0.39, 0.29) is 17.8 Å². The maximum absolute atomic E-state index is 13.5. The lowest BCUT2D eigenvalue weighted by Crippen LogP contribution is -2.41. The molecule has 0 saturated carbocycles. The average molecular weight is 332 g/mol. The van der Waals surface area contributed by atoms with Crippen LogP contribution in [-0.2, 0) is 17.8 Å². The zero-order valence-electron chi connectivity index (χ0n) is 13.4. The van der Waals surface area contributed by atoms with Crippen molar-refractivity contribution in [1.82, 2.24) is 10.2 Å². The lowest BCUT2D eigenvalue weighted by atomic mass is 10.0. The van der Waals surface area contributed by atoms with Crippen LogP contribution in [0.4, 0.5) is 4.39 Å². The Morgan fingerprint density at radius 3 is 3.04 bits per heavy atom. The van der Waals surface area contributed by atoms with Crippen LogP contribution in [0.1, 0.15) is 34.5 Å². The zero-order chi connectivity index (χ0) is 16.4. The number of fused-ring (bicyclic) bond motifs is 1. The van der Waals surface area contributed by atoms with Gasteiger partial charge in [-0.15, -0.1) is 11.3 Å². The van der Waals surface area contributed by atoms with Crippen molar-refractivity contribution in [2.75, 3.05) is 13.1 Å². The van der Waals surface area contributed by atoms with Gasteiger partial charge in [-0.1, -0.05) is 12.1 Å². The molecule has 122 valence electrons. The number of benzene rings is 1. The quantitative estimate of drug-likeness (QED) is 0.930. The summed E-state index contributed by atoms with van der Waals surface area (Å²) < 4.78 is 13.5. The molecule has 1 aliphatic rings. The van der Waals surface area contributed by atoms with E-state index in [0.717, 1.165) is 18.5 Å². The second-order valence-corrected chi connectivity index (χ2v) is 7.06. The van der Waals surface area contributed by atoms with Gasteiger partial charge in [0.15, 0.2) is 0 Å². The number of hydrogen-bond acceptors (Lipinski definition) is 3. The fourth-order valence-electron chi connectivity index (χ4n) is 2.96. The van der Waals surface area contributed by atoms with Crippen molar-refractivity contribution in [3.05, 3.63) is 57.0 Å². The van der Waals surface area contributed by atoms with Crippen LogP contribution in [0.2, 0.25) is 0 Å². The first-order valence-electron chi connectivity index (χ1n) is 7.86.